The van der Waals surface area contributed by atoms with E-state index in [1.54, 1.807) is 6.92 Å². The number of non-ortho nitro benzene ring substituents is 1. The highest BCUT2D eigenvalue weighted by molar-refractivity contribution is 6.01. The molecule has 0 spiro atoms. The Morgan fingerprint density at radius 1 is 1.22 bits per heavy atom. The van der Waals surface area contributed by atoms with E-state index in [0.29, 0.717) is 5.71 Å². The number of rotatable bonds is 4. The number of aromatic hydroxyl groups is 1. The van der Waals surface area contributed by atoms with Crippen molar-refractivity contribution in [1.82, 2.24) is 5.43 Å². The molecule has 2 aromatic rings. The highest BCUT2D eigenvalue weighted by Crippen LogP contribution is 2.22. The minimum absolute atomic E-state index is 0.209. The number of nitro groups is 1. The van der Waals surface area contributed by atoms with E-state index in [2.05, 4.69) is 10.5 Å². The summed E-state index contributed by atoms with van der Waals surface area (Å²) in [6.07, 6.45) is 0. The fourth-order valence-electron chi connectivity index (χ4n) is 1.87. The number of nitrogens with zero attached hydrogens (tertiary/aromatic N) is 2. The number of nitrogens with one attached hydrogen (secondary N) is 1. The number of benzene rings is 2. The molecule has 0 aromatic heterocycles. The molecule has 0 atom stereocenters. The van der Waals surface area contributed by atoms with Crippen LogP contribution in [0.25, 0.3) is 0 Å². The first-order chi connectivity index (χ1) is 10.9. The van der Waals surface area contributed by atoms with Crippen molar-refractivity contribution in [3.05, 3.63) is 69.3 Å². The van der Waals surface area contributed by atoms with E-state index < -0.39 is 10.8 Å². The number of aryl methyl sites for hydroxylation is 1. The smallest absolute Gasteiger partial charge is 0.275 e. The Morgan fingerprint density at radius 3 is 2.48 bits per heavy atom. The van der Waals surface area contributed by atoms with E-state index in [0.717, 1.165) is 29.3 Å². The first kappa shape index (κ1) is 16.2. The molecule has 23 heavy (non-hydrogen) atoms. The van der Waals surface area contributed by atoms with Crippen LogP contribution in [0.15, 0.2) is 47.6 Å². The van der Waals surface area contributed by atoms with Crippen LogP contribution in [0.3, 0.4) is 0 Å². The SMILES string of the molecule is C/C(=N/NC(=O)c1cc([N+](=O)[O-])ccc1O)c1ccc(C)cc1. The summed E-state index contributed by atoms with van der Waals surface area (Å²) >= 11 is 0. The summed E-state index contributed by atoms with van der Waals surface area (Å²) in [5.74, 6) is -1.08. The van der Waals surface area contributed by atoms with Gasteiger partial charge >= 0.3 is 0 Å². The summed E-state index contributed by atoms with van der Waals surface area (Å²) in [7, 11) is 0. The van der Waals surface area contributed by atoms with Gasteiger partial charge in [0.1, 0.15) is 5.75 Å². The molecule has 0 bridgehead atoms. The zero-order chi connectivity index (χ0) is 17.0. The number of amides is 1. The molecule has 2 N–H and O–H groups in total. The zero-order valence-electron chi connectivity index (χ0n) is 12.6. The molecule has 0 saturated heterocycles. The molecule has 0 aliphatic carbocycles. The fourth-order valence-corrected chi connectivity index (χ4v) is 1.87. The number of hydrogen-bond acceptors (Lipinski definition) is 5. The molecule has 0 heterocycles. The Hall–Kier alpha value is -3.22. The zero-order valence-corrected chi connectivity index (χ0v) is 12.6. The normalized spacial score (nSPS) is 11.1. The average molecular weight is 313 g/mol. The van der Waals surface area contributed by atoms with E-state index in [9.17, 15) is 20.0 Å². The van der Waals surface area contributed by atoms with E-state index in [1.165, 1.54) is 0 Å². The molecule has 0 unspecified atom stereocenters. The largest absolute Gasteiger partial charge is 0.507 e. The minimum atomic E-state index is -0.724. The molecular weight excluding hydrogens is 298 g/mol. The van der Waals surface area contributed by atoms with Crippen LogP contribution in [0, 0.1) is 17.0 Å². The average Bonchev–Trinajstić information content (AvgIpc) is 2.53. The number of hydrazone groups is 1. The van der Waals surface area contributed by atoms with Gasteiger partial charge in [0, 0.05) is 12.1 Å². The third-order valence-electron chi connectivity index (χ3n) is 3.23. The molecule has 118 valence electrons. The molecule has 2 rings (SSSR count). The van der Waals surface area contributed by atoms with Crippen LogP contribution in [0.1, 0.15) is 28.4 Å². The number of phenols is 1. The van der Waals surface area contributed by atoms with Crippen LogP contribution >= 0.6 is 0 Å². The van der Waals surface area contributed by atoms with Crippen molar-refractivity contribution in [2.24, 2.45) is 5.10 Å². The lowest BCUT2D eigenvalue weighted by Crippen LogP contribution is -2.19. The number of carbonyl (C=O) groups excluding carboxylic acids is 1. The first-order valence-electron chi connectivity index (χ1n) is 6.77. The molecule has 0 fully saturated rings. The Morgan fingerprint density at radius 2 is 1.87 bits per heavy atom. The summed E-state index contributed by atoms with van der Waals surface area (Å²) in [5, 5.41) is 24.4. The Kier molecular flexibility index (Phi) is 4.70. The Balaban J connectivity index is 2.19. The maximum Gasteiger partial charge on any atom is 0.275 e. The lowest BCUT2D eigenvalue weighted by Gasteiger charge is -2.05. The van der Waals surface area contributed by atoms with Crippen LogP contribution in [-0.2, 0) is 0 Å². The topological polar surface area (TPSA) is 105 Å². The monoisotopic (exact) mass is 313 g/mol. The van der Waals surface area contributed by atoms with Crippen molar-refractivity contribution in [3.8, 4) is 5.75 Å². The van der Waals surface area contributed by atoms with Gasteiger partial charge in [0.05, 0.1) is 16.2 Å². The quantitative estimate of drug-likeness (QED) is 0.514. The van der Waals surface area contributed by atoms with Gasteiger partial charge in [0.2, 0.25) is 0 Å². The van der Waals surface area contributed by atoms with Crippen molar-refractivity contribution in [1.29, 1.82) is 0 Å². The van der Waals surface area contributed by atoms with Crippen LogP contribution in [0.2, 0.25) is 0 Å². The second-order valence-corrected chi connectivity index (χ2v) is 4.96. The molecule has 0 aliphatic rings. The van der Waals surface area contributed by atoms with E-state index in [-0.39, 0.29) is 17.0 Å². The number of phenolic OH excluding ortho intramolecular Hbond substituents is 1. The molecular formula is C16H15N3O4. The van der Waals surface area contributed by atoms with Crippen LogP contribution in [-0.4, -0.2) is 21.6 Å². The fraction of sp³-hybridized carbons (Fsp3) is 0.125. The van der Waals surface area contributed by atoms with Gasteiger partial charge in [0.25, 0.3) is 11.6 Å². The molecule has 7 heteroatoms. The standard InChI is InChI=1S/C16H15N3O4/c1-10-3-5-12(6-4-10)11(2)17-18-16(21)14-9-13(19(22)23)7-8-15(14)20/h3-9,20H,1-2H3,(H,18,21)/b17-11-. The van der Waals surface area contributed by atoms with Crippen molar-refractivity contribution < 1.29 is 14.8 Å². The van der Waals surface area contributed by atoms with E-state index >= 15 is 0 Å². The van der Waals surface area contributed by atoms with Gasteiger partial charge in [-0.15, -0.1) is 0 Å². The van der Waals surface area contributed by atoms with Gasteiger partial charge in [-0.2, -0.15) is 5.10 Å². The maximum atomic E-state index is 12.0. The highest BCUT2D eigenvalue weighted by atomic mass is 16.6. The molecule has 0 radical (unpaired) electrons. The predicted octanol–water partition coefficient (Wildman–Crippen LogP) is 2.76. The number of hydrogen-bond donors (Lipinski definition) is 2. The van der Waals surface area contributed by atoms with Crippen LogP contribution in [0.5, 0.6) is 5.75 Å². The summed E-state index contributed by atoms with van der Waals surface area (Å²) in [5.41, 5.74) is 4.30. The molecule has 2 aromatic carbocycles. The summed E-state index contributed by atoms with van der Waals surface area (Å²) < 4.78 is 0. The highest BCUT2D eigenvalue weighted by Gasteiger charge is 2.16. The van der Waals surface area contributed by atoms with Gasteiger partial charge in [-0.05, 0) is 25.5 Å². The van der Waals surface area contributed by atoms with Gasteiger partial charge in [0.15, 0.2) is 0 Å². The second kappa shape index (κ2) is 6.69. The van der Waals surface area contributed by atoms with Crippen LogP contribution in [0.4, 0.5) is 5.69 Å². The lowest BCUT2D eigenvalue weighted by molar-refractivity contribution is -0.384. The summed E-state index contributed by atoms with van der Waals surface area (Å²) in [6.45, 7) is 3.68. The van der Waals surface area contributed by atoms with Crippen molar-refractivity contribution in [3.63, 3.8) is 0 Å². The van der Waals surface area contributed by atoms with Gasteiger partial charge in [-0.1, -0.05) is 29.8 Å². The Bertz CT molecular complexity index is 782. The molecule has 0 saturated carbocycles. The van der Waals surface area contributed by atoms with Gasteiger partial charge in [-0.3, -0.25) is 14.9 Å². The number of nitro benzene ring substituents is 1. The van der Waals surface area contributed by atoms with E-state index in [4.69, 9.17) is 0 Å². The summed E-state index contributed by atoms with van der Waals surface area (Å²) in [6, 6.07) is 10.8. The van der Waals surface area contributed by atoms with Gasteiger partial charge in [-0.25, -0.2) is 5.43 Å². The molecule has 0 aliphatic heterocycles. The third kappa shape index (κ3) is 3.91. The van der Waals surface area contributed by atoms with Gasteiger partial charge < -0.3 is 5.11 Å². The number of carbonyl (C=O) groups is 1. The van der Waals surface area contributed by atoms with Crippen LogP contribution < -0.4 is 5.43 Å². The van der Waals surface area contributed by atoms with Crippen molar-refractivity contribution in [2.75, 3.05) is 0 Å². The Labute approximate surface area is 132 Å². The minimum Gasteiger partial charge on any atom is -0.507 e. The third-order valence-corrected chi connectivity index (χ3v) is 3.23. The first-order valence-corrected chi connectivity index (χ1v) is 6.77. The van der Waals surface area contributed by atoms with Crippen molar-refractivity contribution >= 4 is 17.3 Å². The summed E-state index contributed by atoms with van der Waals surface area (Å²) in [4.78, 5) is 22.1. The predicted molar refractivity (Wildman–Crippen MR) is 85.6 cm³/mol. The van der Waals surface area contributed by atoms with E-state index in [1.807, 2.05) is 31.2 Å². The lowest BCUT2D eigenvalue weighted by atomic mass is 10.1. The van der Waals surface area contributed by atoms with Crippen molar-refractivity contribution in [2.45, 2.75) is 13.8 Å². The second-order valence-electron chi connectivity index (χ2n) is 4.96. The molecule has 1 amide bonds. The molecule has 7 nitrogen and oxygen atoms in total. The maximum absolute atomic E-state index is 12.0.